The minimum absolute atomic E-state index is 0.0533. The summed E-state index contributed by atoms with van der Waals surface area (Å²) in [5.74, 6) is -0.179. The molecular formula is C15H25N3O5S. The second kappa shape index (κ2) is 10.4. The van der Waals surface area contributed by atoms with Gasteiger partial charge in [0.2, 0.25) is 0 Å². The molecule has 0 aromatic carbocycles. The summed E-state index contributed by atoms with van der Waals surface area (Å²) in [6, 6.07) is -0.577. The summed E-state index contributed by atoms with van der Waals surface area (Å²) in [6.45, 7) is 6.53. The lowest BCUT2D eigenvalue weighted by molar-refractivity contribution is -0.182. The van der Waals surface area contributed by atoms with E-state index in [-0.39, 0.29) is 18.0 Å². The van der Waals surface area contributed by atoms with E-state index in [9.17, 15) is 9.59 Å². The van der Waals surface area contributed by atoms with E-state index < -0.39 is 30.2 Å². The number of unbranched alkanes of at least 4 members (excludes halogenated alkanes) is 1. The van der Waals surface area contributed by atoms with Crippen molar-refractivity contribution in [2.75, 3.05) is 12.4 Å². The molecule has 0 saturated carbocycles. The number of esters is 2. The van der Waals surface area contributed by atoms with E-state index in [0.717, 1.165) is 18.6 Å². The molecule has 5 atom stereocenters. The highest BCUT2D eigenvalue weighted by molar-refractivity contribution is 7.99. The highest BCUT2D eigenvalue weighted by Crippen LogP contribution is 2.36. The molecule has 0 aromatic heterocycles. The maximum atomic E-state index is 11.4. The Labute approximate surface area is 146 Å². The number of hydrogen-bond donors (Lipinski definition) is 0. The molecule has 1 aliphatic heterocycles. The minimum Gasteiger partial charge on any atom is -0.463 e. The Balaban J connectivity index is 2.96. The van der Waals surface area contributed by atoms with E-state index in [4.69, 9.17) is 19.7 Å². The first-order chi connectivity index (χ1) is 11.4. The molecule has 0 N–H and O–H groups in total. The molecule has 8 nitrogen and oxygen atoms in total. The Kier molecular flexibility index (Phi) is 8.95. The quantitative estimate of drug-likeness (QED) is 0.216. The molecule has 136 valence electrons. The maximum absolute atomic E-state index is 11.4. The van der Waals surface area contributed by atoms with Crippen LogP contribution in [0.5, 0.6) is 0 Å². The highest BCUT2D eigenvalue weighted by Gasteiger charge is 2.45. The predicted octanol–water partition coefficient (Wildman–Crippen LogP) is 3.05. The van der Waals surface area contributed by atoms with Gasteiger partial charge in [-0.1, -0.05) is 25.4 Å². The second-order valence-electron chi connectivity index (χ2n) is 5.70. The molecule has 0 radical (unpaired) electrons. The standard InChI is InChI=1S/C15H25N3O5S/c1-5-6-7-24-15-9(2)13(17-18-16)14(22-11(4)20)12(23-15)8-21-10(3)19/h9,12-15H,5-8H2,1-4H3/t9?,12?,13-,14+,15-/m1/s1. The molecule has 0 spiro atoms. The van der Waals surface area contributed by atoms with Crippen molar-refractivity contribution >= 4 is 23.7 Å². The monoisotopic (exact) mass is 359 g/mol. The highest BCUT2D eigenvalue weighted by atomic mass is 32.2. The van der Waals surface area contributed by atoms with Crippen LogP contribution in [0.25, 0.3) is 10.4 Å². The van der Waals surface area contributed by atoms with Crippen molar-refractivity contribution < 1.29 is 23.8 Å². The van der Waals surface area contributed by atoms with Gasteiger partial charge in [0.05, 0.1) is 6.04 Å². The van der Waals surface area contributed by atoms with Crippen LogP contribution in [0.4, 0.5) is 0 Å². The van der Waals surface area contributed by atoms with Gasteiger partial charge in [-0.2, -0.15) is 0 Å². The van der Waals surface area contributed by atoms with Gasteiger partial charge >= 0.3 is 11.9 Å². The third-order valence-corrected chi connectivity index (χ3v) is 5.09. The van der Waals surface area contributed by atoms with E-state index in [1.165, 1.54) is 13.8 Å². The van der Waals surface area contributed by atoms with E-state index in [0.29, 0.717) is 0 Å². The third-order valence-electron chi connectivity index (χ3n) is 3.70. The zero-order valence-corrected chi connectivity index (χ0v) is 15.3. The summed E-state index contributed by atoms with van der Waals surface area (Å²) in [5.41, 5.74) is 8.66. The molecule has 24 heavy (non-hydrogen) atoms. The number of carbonyl (C=O) groups excluding carboxylic acids is 2. The van der Waals surface area contributed by atoms with Gasteiger partial charge in [0.15, 0.2) is 0 Å². The van der Waals surface area contributed by atoms with E-state index >= 15 is 0 Å². The molecule has 1 rings (SSSR count). The largest absolute Gasteiger partial charge is 0.463 e. The van der Waals surface area contributed by atoms with Gasteiger partial charge in [-0.25, -0.2) is 0 Å². The van der Waals surface area contributed by atoms with Crippen molar-refractivity contribution in [2.24, 2.45) is 11.0 Å². The molecule has 0 aliphatic carbocycles. The summed E-state index contributed by atoms with van der Waals surface area (Å²) >= 11 is 1.63. The number of thioether (sulfide) groups is 1. The van der Waals surface area contributed by atoms with Gasteiger partial charge in [-0.05, 0) is 17.7 Å². The fourth-order valence-corrected chi connectivity index (χ4v) is 3.86. The molecule has 1 saturated heterocycles. The average molecular weight is 359 g/mol. The first-order valence-corrected chi connectivity index (χ1v) is 9.07. The van der Waals surface area contributed by atoms with Gasteiger partial charge < -0.3 is 14.2 Å². The number of hydrogen-bond acceptors (Lipinski definition) is 7. The fourth-order valence-electron chi connectivity index (χ4n) is 2.49. The van der Waals surface area contributed by atoms with Crippen LogP contribution < -0.4 is 0 Å². The van der Waals surface area contributed by atoms with E-state index in [1.54, 1.807) is 11.8 Å². The summed E-state index contributed by atoms with van der Waals surface area (Å²) in [7, 11) is 0. The number of rotatable bonds is 8. The van der Waals surface area contributed by atoms with Crippen molar-refractivity contribution in [2.45, 2.75) is 64.2 Å². The summed E-state index contributed by atoms with van der Waals surface area (Å²) < 4.78 is 16.4. The first kappa shape index (κ1) is 20.6. The van der Waals surface area contributed by atoms with Gasteiger partial charge in [-0.15, -0.1) is 11.8 Å². The lowest BCUT2D eigenvalue weighted by Gasteiger charge is -2.43. The Morgan fingerprint density at radius 2 is 2.04 bits per heavy atom. The molecule has 1 heterocycles. The SMILES string of the molecule is CCCCS[C@H]1OC(COC(C)=O)[C@H](OC(C)=O)[C@H](N=[N+]=[N-])C1C. The lowest BCUT2D eigenvalue weighted by Crippen LogP contribution is -2.55. The Morgan fingerprint density at radius 3 is 2.58 bits per heavy atom. The maximum Gasteiger partial charge on any atom is 0.303 e. The fraction of sp³-hybridized carbons (Fsp3) is 0.867. The van der Waals surface area contributed by atoms with Crippen LogP contribution in [0.15, 0.2) is 5.11 Å². The molecule has 1 fully saturated rings. The first-order valence-electron chi connectivity index (χ1n) is 8.02. The van der Waals surface area contributed by atoms with Crippen LogP contribution in [0.2, 0.25) is 0 Å². The normalized spacial score (nSPS) is 29.4. The van der Waals surface area contributed by atoms with Gasteiger partial charge in [0.1, 0.15) is 24.3 Å². The number of ether oxygens (including phenoxy) is 3. The van der Waals surface area contributed by atoms with Crippen LogP contribution in [-0.4, -0.2) is 48.0 Å². The third kappa shape index (κ3) is 6.22. The van der Waals surface area contributed by atoms with Crippen molar-refractivity contribution in [3.05, 3.63) is 10.4 Å². The zero-order valence-electron chi connectivity index (χ0n) is 14.5. The smallest absolute Gasteiger partial charge is 0.303 e. The van der Waals surface area contributed by atoms with Crippen LogP contribution in [-0.2, 0) is 23.8 Å². The number of carbonyl (C=O) groups is 2. The van der Waals surface area contributed by atoms with Gasteiger partial charge in [0.25, 0.3) is 0 Å². The second-order valence-corrected chi connectivity index (χ2v) is 6.90. The summed E-state index contributed by atoms with van der Waals surface area (Å²) in [5, 5.41) is 3.82. The van der Waals surface area contributed by atoms with Crippen LogP contribution in [0, 0.1) is 5.92 Å². The van der Waals surface area contributed by atoms with Crippen molar-refractivity contribution in [1.29, 1.82) is 0 Å². The topological polar surface area (TPSA) is 111 Å². The minimum atomic E-state index is -0.782. The number of azide groups is 1. The predicted molar refractivity (Wildman–Crippen MR) is 90.3 cm³/mol. The number of nitrogens with zero attached hydrogens (tertiary/aromatic N) is 3. The van der Waals surface area contributed by atoms with E-state index in [2.05, 4.69) is 16.9 Å². The summed E-state index contributed by atoms with van der Waals surface area (Å²) in [6.07, 6.45) is 0.672. The van der Waals surface area contributed by atoms with Crippen molar-refractivity contribution in [3.63, 3.8) is 0 Å². The molecule has 0 aromatic rings. The average Bonchev–Trinajstić information content (AvgIpc) is 2.51. The Hall–Kier alpha value is -1.44. The molecule has 9 heteroatoms. The van der Waals surface area contributed by atoms with E-state index in [1.807, 2.05) is 6.92 Å². The van der Waals surface area contributed by atoms with Crippen LogP contribution in [0.3, 0.4) is 0 Å². The molecule has 0 bridgehead atoms. The molecule has 1 aliphatic rings. The summed E-state index contributed by atoms with van der Waals surface area (Å²) in [4.78, 5) is 25.4. The molecule has 2 unspecified atom stereocenters. The van der Waals surface area contributed by atoms with Gasteiger partial charge in [-0.3, -0.25) is 9.59 Å². The van der Waals surface area contributed by atoms with Crippen molar-refractivity contribution in [3.8, 4) is 0 Å². The van der Waals surface area contributed by atoms with Gasteiger partial charge in [0, 0.05) is 24.7 Å². The van der Waals surface area contributed by atoms with Crippen LogP contribution in [0.1, 0.15) is 40.5 Å². The van der Waals surface area contributed by atoms with Crippen LogP contribution >= 0.6 is 11.8 Å². The molecule has 0 amide bonds. The Morgan fingerprint density at radius 1 is 1.33 bits per heavy atom. The Bertz CT molecular complexity index is 484. The zero-order chi connectivity index (χ0) is 18.1. The van der Waals surface area contributed by atoms with Crippen molar-refractivity contribution in [1.82, 2.24) is 0 Å². The lowest BCUT2D eigenvalue weighted by atomic mass is 9.91. The molecular weight excluding hydrogens is 334 g/mol.